The van der Waals surface area contributed by atoms with Gasteiger partial charge in [0.05, 0.1) is 18.7 Å². The van der Waals surface area contributed by atoms with Gasteiger partial charge in [-0.1, -0.05) is 0 Å². The Morgan fingerprint density at radius 3 is 2.94 bits per heavy atom. The van der Waals surface area contributed by atoms with Crippen LogP contribution in [0.1, 0.15) is 38.2 Å². The Bertz CT molecular complexity index is 334. The van der Waals surface area contributed by atoms with E-state index in [2.05, 4.69) is 34.7 Å². The van der Waals surface area contributed by atoms with E-state index in [9.17, 15) is 0 Å². The highest BCUT2D eigenvalue weighted by Gasteiger charge is 2.27. The van der Waals surface area contributed by atoms with E-state index in [4.69, 9.17) is 4.74 Å². The fourth-order valence-electron chi connectivity index (χ4n) is 2.04. The van der Waals surface area contributed by atoms with Crippen molar-refractivity contribution in [1.29, 1.82) is 0 Å². The zero-order chi connectivity index (χ0) is 11.5. The summed E-state index contributed by atoms with van der Waals surface area (Å²) in [6, 6.07) is 0.461. The maximum Gasteiger partial charge on any atom is 0.168 e. The van der Waals surface area contributed by atoms with Gasteiger partial charge in [-0.05, 0) is 37.7 Å². The minimum atomic E-state index is 0.166. The van der Waals surface area contributed by atoms with Gasteiger partial charge in [0.25, 0.3) is 0 Å². The van der Waals surface area contributed by atoms with Crippen LogP contribution in [0, 0.1) is 5.92 Å². The van der Waals surface area contributed by atoms with Crippen molar-refractivity contribution in [2.75, 3.05) is 20.3 Å². The molecule has 2 rings (SSSR count). The number of nitrogens with one attached hydrogen (secondary N) is 1. The topological polar surface area (TPSA) is 64.9 Å². The molecule has 1 aromatic heterocycles. The first kappa shape index (κ1) is 11.5. The zero-order valence-corrected chi connectivity index (χ0v) is 10.1. The van der Waals surface area contributed by atoms with Gasteiger partial charge in [0.1, 0.15) is 0 Å². The maximum atomic E-state index is 5.41. The van der Waals surface area contributed by atoms with Crippen LogP contribution in [0.25, 0.3) is 0 Å². The van der Waals surface area contributed by atoms with E-state index in [1.54, 1.807) is 0 Å². The lowest BCUT2D eigenvalue weighted by atomic mass is 10.0. The molecule has 90 valence electrons. The second-order valence-electron chi connectivity index (χ2n) is 4.36. The maximum absolute atomic E-state index is 5.41. The van der Waals surface area contributed by atoms with Crippen LogP contribution in [0.3, 0.4) is 0 Å². The molecule has 1 N–H and O–H groups in total. The second-order valence-corrected chi connectivity index (χ2v) is 4.36. The number of nitrogens with zero attached hydrogens (tertiary/aromatic N) is 4. The summed E-state index contributed by atoms with van der Waals surface area (Å²) >= 11 is 0. The Balaban J connectivity index is 2.15. The van der Waals surface area contributed by atoms with Gasteiger partial charge in [-0.3, -0.25) is 0 Å². The van der Waals surface area contributed by atoms with Gasteiger partial charge in [0.2, 0.25) is 0 Å². The van der Waals surface area contributed by atoms with E-state index in [1.807, 2.05) is 11.7 Å². The van der Waals surface area contributed by atoms with E-state index in [-0.39, 0.29) is 6.04 Å². The molecule has 1 saturated heterocycles. The number of hydrogen-bond acceptors (Lipinski definition) is 5. The van der Waals surface area contributed by atoms with Crippen molar-refractivity contribution in [3.63, 3.8) is 0 Å². The van der Waals surface area contributed by atoms with Crippen molar-refractivity contribution in [3.8, 4) is 0 Å². The van der Waals surface area contributed by atoms with Gasteiger partial charge in [-0.2, -0.15) is 0 Å². The fraction of sp³-hybridized carbons (Fsp3) is 0.900. The first-order valence-corrected chi connectivity index (χ1v) is 5.76. The molecule has 1 aromatic rings. The third-order valence-corrected chi connectivity index (χ3v) is 3.37. The molecule has 3 atom stereocenters. The minimum absolute atomic E-state index is 0.166. The van der Waals surface area contributed by atoms with Crippen LogP contribution in [0.5, 0.6) is 0 Å². The van der Waals surface area contributed by atoms with Gasteiger partial charge in [0.15, 0.2) is 5.82 Å². The summed E-state index contributed by atoms with van der Waals surface area (Å²) in [5.74, 6) is 1.41. The van der Waals surface area contributed by atoms with Gasteiger partial charge >= 0.3 is 0 Å². The lowest BCUT2D eigenvalue weighted by Crippen LogP contribution is -2.24. The highest BCUT2D eigenvalue weighted by molar-refractivity contribution is 4.92. The summed E-state index contributed by atoms with van der Waals surface area (Å²) in [6.45, 7) is 5.88. The van der Waals surface area contributed by atoms with Crippen molar-refractivity contribution in [2.24, 2.45) is 5.92 Å². The molecule has 6 nitrogen and oxygen atoms in total. The Kier molecular flexibility index (Phi) is 3.50. The quantitative estimate of drug-likeness (QED) is 0.810. The SMILES string of the molecule is CNC(C)c1nnnn1C(C)C1CCOC1. The second kappa shape index (κ2) is 4.88. The van der Waals surface area contributed by atoms with Crippen molar-refractivity contribution in [2.45, 2.75) is 32.4 Å². The fourth-order valence-corrected chi connectivity index (χ4v) is 2.04. The highest BCUT2D eigenvalue weighted by Crippen LogP contribution is 2.26. The van der Waals surface area contributed by atoms with Crippen LogP contribution in [0.2, 0.25) is 0 Å². The number of rotatable bonds is 4. The predicted molar refractivity (Wildman–Crippen MR) is 58.9 cm³/mol. The number of ether oxygens (including phenoxy) is 1. The largest absolute Gasteiger partial charge is 0.381 e. The average molecular weight is 225 g/mol. The van der Waals surface area contributed by atoms with Gasteiger partial charge in [-0.25, -0.2) is 4.68 Å². The lowest BCUT2D eigenvalue weighted by Gasteiger charge is -2.20. The molecule has 1 fully saturated rings. The normalized spacial score (nSPS) is 24.6. The van der Waals surface area contributed by atoms with Crippen LogP contribution in [0.15, 0.2) is 0 Å². The smallest absolute Gasteiger partial charge is 0.168 e. The minimum Gasteiger partial charge on any atom is -0.381 e. The number of hydrogen-bond donors (Lipinski definition) is 1. The van der Waals surface area contributed by atoms with Crippen molar-refractivity contribution in [3.05, 3.63) is 5.82 Å². The predicted octanol–water partition coefficient (Wildman–Crippen LogP) is 0.551. The molecule has 0 aliphatic carbocycles. The van der Waals surface area contributed by atoms with Gasteiger partial charge in [-0.15, -0.1) is 5.10 Å². The van der Waals surface area contributed by atoms with Crippen LogP contribution < -0.4 is 5.32 Å². The van der Waals surface area contributed by atoms with Crippen LogP contribution in [-0.2, 0) is 4.74 Å². The molecule has 0 saturated carbocycles. The van der Waals surface area contributed by atoms with E-state index in [0.717, 1.165) is 25.5 Å². The Hall–Kier alpha value is -1.01. The molecule has 0 bridgehead atoms. The summed E-state index contributed by atoms with van der Waals surface area (Å²) in [6.07, 6.45) is 1.09. The monoisotopic (exact) mass is 225 g/mol. The summed E-state index contributed by atoms with van der Waals surface area (Å²) < 4.78 is 7.32. The Labute approximate surface area is 95.4 Å². The zero-order valence-electron chi connectivity index (χ0n) is 10.1. The molecular weight excluding hydrogens is 206 g/mol. The average Bonchev–Trinajstić information content (AvgIpc) is 2.97. The lowest BCUT2D eigenvalue weighted by molar-refractivity contribution is 0.171. The van der Waals surface area contributed by atoms with Gasteiger partial charge < -0.3 is 10.1 Å². The molecule has 1 aliphatic rings. The molecule has 16 heavy (non-hydrogen) atoms. The molecule has 3 unspecified atom stereocenters. The highest BCUT2D eigenvalue weighted by atomic mass is 16.5. The molecule has 1 aliphatic heterocycles. The van der Waals surface area contributed by atoms with E-state index >= 15 is 0 Å². The van der Waals surface area contributed by atoms with E-state index in [1.165, 1.54) is 0 Å². The molecule has 0 spiro atoms. The standard InChI is InChI=1S/C10H19N5O/c1-7(11-3)10-12-13-14-15(10)8(2)9-4-5-16-6-9/h7-9,11H,4-6H2,1-3H3. The first-order chi connectivity index (χ1) is 7.74. The van der Waals surface area contributed by atoms with Crippen molar-refractivity contribution >= 4 is 0 Å². The summed E-state index contributed by atoms with van der Waals surface area (Å²) in [4.78, 5) is 0. The molecule has 0 aromatic carbocycles. The number of tetrazole rings is 1. The van der Waals surface area contributed by atoms with Gasteiger partial charge in [0, 0.05) is 12.5 Å². The Morgan fingerprint density at radius 1 is 1.50 bits per heavy atom. The van der Waals surface area contributed by atoms with Crippen LogP contribution >= 0.6 is 0 Å². The first-order valence-electron chi connectivity index (χ1n) is 5.76. The van der Waals surface area contributed by atoms with Crippen molar-refractivity contribution < 1.29 is 4.74 Å². The third-order valence-electron chi connectivity index (χ3n) is 3.37. The summed E-state index contributed by atoms with van der Waals surface area (Å²) in [5, 5.41) is 15.1. The number of aromatic nitrogens is 4. The summed E-state index contributed by atoms with van der Waals surface area (Å²) in [5.41, 5.74) is 0. The molecular formula is C10H19N5O. The van der Waals surface area contributed by atoms with Crippen LogP contribution in [0.4, 0.5) is 0 Å². The summed E-state index contributed by atoms with van der Waals surface area (Å²) in [7, 11) is 1.91. The molecule has 2 heterocycles. The van der Waals surface area contributed by atoms with Crippen LogP contribution in [-0.4, -0.2) is 40.5 Å². The third kappa shape index (κ3) is 2.08. The van der Waals surface area contributed by atoms with E-state index in [0.29, 0.717) is 12.0 Å². The van der Waals surface area contributed by atoms with Crippen molar-refractivity contribution in [1.82, 2.24) is 25.5 Å². The molecule has 6 heteroatoms. The van der Waals surface area contributed by atoms with E-state index < -0.39 is 0 Å². The molecule has 0 radical (unpaired) electrons. The molecule has 0 amide bonds. The Morgan fingerprint density at radius 2 is 2.31 bits per heavy atom.